The SMILES string of the molecule is C=C(C)CCOc1cc(Br)ccc1[C@H](C)N. The van der Waals surface area contributed by atoms with Crippen LogP contribution in [0.4, 0.5) is 0 Å². The number of rotatable bonds is 5. The molecular weight excluding hydrogens is 266 g/mol. The Balaban J connectivity index is 2.76. The second-order valence-electron chi connectivity index (χ2n) is 4.03. The lowest BCUT2D eigenvalue weighted by Gasteiger charge is -2.14. The highest BCUT2D eigenvalue weighted by molar-refractivity contribution is 9.10. The molecule has 1 aromatic rings. The Bertz CT molecular complexity index is 374. The molecule has 0 aliphatic rings. The van der Waals surface area contributed by atoms with E-state index in [4.69, 9.17) is 10.5 Å². The maximum atomic E-state index is 5.88. The zero-order chi connectivity index (χ0) is 12.1. The summed E-state index contributed by atoms with van der Waals surface area (Å²) in [6.07, 6.45) is 0.866. The highest BCUT2D eigenvalue weighted by Gasteiger charge is 2.08. The molecule has 0 bridgehead atoms. The van der Waals surface area contributed by atoms with Gasteiger partial charge < -0.3 is 10.5 Å². The lowest BCUT2D eigenvalue weighted by atomic mass is 10.1. The highest BCUT2D eigenvalue weighted by Crippen LogP contribution is 2.27. The fourth-order valence-corrected chi connectivity index (χ4v) is 1.68. The molecule has 0 amide bonds. The number of nitrogens with two attached hydrogens (primary N) is 1. The summed E-state index contributed by atoms with van der Waals surface area (Å²) in [6, 6.07) is 5.90. The van der Waals surface area contributed by atoms with Gasteiger partial charge in [0.25, 0.3) is 0 Å². The largest absolute Gasteiger partial charge is 0.493 e. The van der Waals surface area contributed by atoms with Gasteiger partial charge in [-0.3, -0.25) is 0 Å². The summed E-state index contributed by atoms with van der Waals surface area (Å²) in [7, 11) is 0. The molecular formula is C13H18BrNO. The van der Waals surface area contributed by atoms with Crippen LogP contribution in [0, 0.1) is 0 Å². The van der Waals surface area contributed by atoms with Gasteiger partial charge in [0.1, 0.15) is 5.75 Å². The van der Waals surface area contributed by atoms with E-state index in [1.54, 1.807) is 0 Å². The first-order valence-electron chi connectivity index (χ1n) is 5.33. The van der Waals surface area contributed by atoms with Crippen molar-refractivity contribution in [1.29, 1.82) is 0 Å². The summed E-state index contributed by atoms with van der Waals surface area (Å²) in [5, 5.41) is 0. The Labute approximate surface area is 106 Å². The average molecular weight is 284 g/mol. The standard InChI is InChI=1S/C13H18BrNO/c1-9(2)6-7-16-13-8-11(14)4-5-12(13)10(3)15/h4-5,8,10H,1,6-7,15H2,2-3H3/t10-/m0/s1. The second-order valence-corrected chi connectivity index (χ2v) is 4.94. The first-order valence-corrected chi connectivity index (χ1v) is 6.12. The van der Waals surface area contributed by atoms with Crippen molar-refractivity contribution >= 4 is 15.9 Å². The number of hydrogen-bond acceptors (Lipinski definition) is 2. The van der Waals surface area contributed by atoms with E-state index in [0.717, 1.165) is 27.8 Å². The minimum atomic E-state index is -0.0204. The highest BCUT2D eigenvalue weighted by atomic mass is 79.9. The number of ether oxygens (including phenoxy) is 1. The molecule has 1 aromatic carbocycles. The van der Waals surface area contributed by atoms with Gasteiger partial charge in [0, 0.05) is 22.5 Å². The Kier molecular flexibility index (Phi) is 5.03. The molecule has 1 atom stereocenters. The average Bonchev–Trinajstić information content (AvgIpc) is 2.16. The van der Waals surface area contributed by atoms with E-state index in [-0.39, 0.29) is 6.04 Å². The van der Waals surface area contributed by atoms with Crippen LogP contribution in [-0.2, 0) is 0 Å². The van der Waals surface area contributed by atoms with Crippen LogP contribution in [0.2, 0.25) is 0 Å². The third-order valence-corrected chi connectivity index (χ3v) is 2.75. The molecule has 0 aromatic heterocycles. The fraction of sp³-hybridized carbons (Fsp3) is 0.385. The van der Waals surface area contributed by atoms with Crippen LogP contribution in [0.15, 0.2) is 34.8 Å². The van der Waals surface area contributed by atoms with Gasteiger partial charge in [0.2, 0.25) is 0 Å². The molecule has 3 heteroatoms. The zero-order valence-corrected chi connectivity index (χ0v) is 11.4. The Morgan fingerprint density at radius 1 is 1.56 bits per heavy atom. The van der Waals surface area contributed by atoms with E-state index in [0.29, 0.717) is 6.61 Å². The van der Waals surface area contributed by atoms with Gasteiger partial charge in [-0.05, 0) is 26.0 Å². The van der Waals surface area contributed by atoms with Gasteiger partial charge in [-0.2, -0.15) is 0 Å². The number of halogens is 1. The molecule has 16 heavy (non-hydrogen) atoms. The molecule has 0 saturated heterocycles. The van der Waals surface area contributed by atoms with Crippen molar-refractivity contribution in [3.8, 4) is 5.75 Å². The summed E-state index contributed by atoms with van der Waals surface area (Å²) in [6.45, 7) is 8.44. The predicted molar refractivity (Wildman–Crippen MR) is 71.7 cm³/mol. The predicted octanol–water partition coefficient (Wildman–Crippen LogP) is 3.81. The van der Waals surface area contributed by atoms with Gasteiger partial charge >= 0.3 is 0 Å². The molecule has 0 unspecified atom stereocenters. The minimum absolute atomic E-state index is 0.0204. The second kappa shape index (κ2) is 6.06. The summed E-state index contributed by atoms with van der Waals surface area (Å²) in [4.78, 5) is 0. The first kappa shape index (κ1) is 13.3. The van der Waals surface area contributed by atoms with Crippen LogP contribution >= 0.6 is 15.9 Å². The maximum Gasteiger partial charge on any atom is 0.125 e. The van der Waals surface area contributed by atoms with E-state index in [2.05, 4.69) is 22.5 Å². The molecule has 2 nitrogen and oxygen atoms in total. The normalized spacial score (nSPS) is 12.2. The third-order valence-electron chi connectivity index (χ3n) is 2.25. The Hall–Kier alpha value is -0.800. The van der Waals surface area contributed by atoms with Crippen LogP contribution in [-0.4, -0.2) is 6.61 Å². The molecule has 2 N–H and O–H groups in total. The molecule has 0 heterocycles. The summed E-state index contributed by atoms with van der Waals surface area (Å²) in [5.41, 5.74) is 8.04. The zero-order valence-electron chi connectivity index (χ0n) is 9.79. The quantitative estimate of drug-likeness (QED) is 0.834. The third kappa shape index (κ3) is 3.99. The number of benzene rings is 1. The van der Waals surface area contributed by atoms with Crippen LogP contribution in [0.3, 0.4) is 0 Å². The van der Waals surface area contributed by atoms with Crippen LogP contribution in [0.1, 0.15) is 31.9 Å². The molecule has 1 rings (SSSR count). The molecule has 0 fully saturated rings. The van der Waals surface area contributed by atoms with E-state index in [1.807, 2.05) is 32.0 Å². The fourth-order valence-electron chi connectivity index (χ4n) is 1.34. The Morgan fingerprint density at radius 3 is 2.81 bits per heavy atom. The van der Waals surface area contributed by atoms with Gasteiger partial charge in [-0.15, -0.1) is 6.58 Å². The van der Waals surface area contributed by atoms with Gasteiger partial charge in [0.15, 0.2) is 0 Å². The molecule has 0 spiro atoms. The van der Waals surface area contributed by atoms with E-state index in [9.17, 15) is 0 Å². The van der Waals surface area contributed by atoms with Crippen molar-refractivity contribution in [2.24, 2.45) is 5.73 Å². The summed E-state index contributed by atoms with van der Waals surface area (Å²) in [5.74, 6) is 0.852. The van der Waals surface area contributed by atoms with Crippen LogP contribution in [0.5, 0.6) is 5.75 Å². The molecule has 88 valence electrons. The van der Waals surface area contributed by atoms with E-state index < -0.39 is 0 Å². The van der Waals surface area contributed by atoms with Crippen molar-refractivity contribution < 1.29 is 4.74 Å². The van der Waals surface area contributed by atoms with E-state index >= 15 is 0 Å². The van der Waals surface area contributed by atoms with Crippen molar-refractivity contribution in [1.82, 2.24) is 0 Å². The molecule has 0 radical (unpaired) electrons. The van der Waals surface area contributed by atoms with Crippen molar-refractivity contribution in [2.75, 3.05) is 6.61 Å². The first-order chi connectivity index (χ1) is 7.50. The lowest BCUT2D eigenvalue weighted by Crippen LogP contribution is -2.08. The molecule has 0 aliphatic carbocycles. The maximum absolute atomic E-state index is 5.88. The van der Waals surface area contributed by atoms with Gasteiger partial charge in [-0.1, -0.05) is 27.6 Å². The van der Waals surface area contributed by atoms with Crippen molar-refractivity contribution in [3.05, 3.63) is 40.4 Å². The van der Waals surface area contributed by atoms with Crippen LogP contribution < -0.4 is 10.5 Å². The minimum Gasteiger partial charge on any atom is -0.493 e. The van der Waals surface area contributed by atoms with Crippen molar-refractivity contribution in [2.45, 2.75) is 26.3 Å². The van der Waals surface area contributed by atoms with Gasteiger partial charge in [-0.25, -0.2) is 0 Å². The Morgan fingerprint density at radius 2 is 2.25 bits per heavy atom. The summed E-state index contributed by atoms with van der Waals surface area (Å²) >= 11 is 3.43. The molecule has 0 aliphatic heterocycles. The number of hydrogen-bond donors (Lipinski definition) is 1. The van der Waals surface area contributed by atoms with Gasteiger partial charge in [0.05, 0.1) is 6.61 Å². The lowest BCUT2D eigenvalue weighted by molar-refractivity contribution is 0.316. The van der Waals surface area contributed by atoms with Crippen LogP contribution in [0.25, 0.3) is 0 Å². The van der Waals surface area contributed by atoms with Crippen molar-refractivity contribution in [3.63, 3.8) is 0 Å². The summed E-state index contributed by atoms with van der Waals surface area (Å²) < 4.78 is 6.72. The molecule has 0 saturated carbocycles. The monoisotopic (exact) mass is 283 g/mol. The topological polar surface area (TPSA) is 35.2 Å². The van der Waals surface area contributed by atoms with E-state index in [1.165, 1.54) is 0 Å². The smallest absolute Gasteiger partial charge is 0.125 e.